The third kappa shape index (κ3) is 8.88. The Morgan fingerprint density at radius 2 is 0.710 bits per heavy atom. The van der Waals surface area contributed by atoms with E-state index in [2.05, 4.69) is 181 Å². The van der Waals surface area contributed by atoms with Crippen molar-refractivity contribution in [2.45, 2.75) is 90.9 Å². The van der Waals surface area contributed by atoms with Gasteiger partial charge in [-0.05, 0) is 84.3 Å². The van der Waals surface area contributed by atoms with Crippen LogP contribution >= 0.6 is 0 Å². The van der Waals surface area contributed by atoms with E-state index in [4.69, 9.17) is 9.97 Å². The van der Waals surface area contributed by atoms with Crippen molar-refractivity contribution in [2.75, 3.05) is 22.9 Å². The molecule has 0 unspecified atom stereocenters. The van der Waals surface area contributed by atoms with E-state index in [1.165, 1.54) is 121 Å². The number of pyridine rings is 2. The summed E-state index contributed by atoms with van der Waals surface area (Å²) in [5, 5.41) is 7.03. The van der Waals surface area contributed by atoms with E-state index >= 15 is 0 Å². The lowest BCUT2D eigenvalue weighted by molar-refractivity contribution is 0.609. The Morgan fingerprint density at radius 3 is 1.11 bits per heavy atom. The maximum atomic E-state index is 5.47. The molecule has 4 heteroatoms. The van der Waals surface area contributed by atoms with Crippen molar-refractivity contribution in [3.05, 3.63) is 158 Å². The maximum Gasteiger partial charge on any atom is 0.0801 e. The smallest absolute Gasteiger partial charge is 0.0801 e. The molecule has 0 aliphatic heterocycles. The van der Waals surface area contributed by atoms with Crippen molar-refractivity contribution in [3.8, 4) is 22.5 Å². The van der Waals surface area contributed by atoms with Gasteiger partial charge in [-0.2, -0.15) is 0 Å². The summed E-state index contributed by atoms with van der Waals surface area (Å²) in [5.41, 5.74) is 11.2. The second kappa shape index (κ2) is 19.6. The molecule has 0 saturated heterocycles. The average molecular weight is 813 g/mol. The molecule has 0 aliphatic carbocycles. The van der Waals surface area contributed by atoms with Crippen LogP contribution in [-0.4, -0.2) is 23.1 Å². The molecule has 0 saturated carbocycles. The Bertz CT molecular complexity index is 2620. The predicted octanol–water partition coefficient (Wildman–Crippen LogP) is 16.9. The van der Waals surface area contributed by atoms with Gasteiger partial charge in [-0.3, -0.25) is 0 Å². The minimum absolute atomic E-state index is 0.990. The van der Waals surface area contributed by atoms with Crippen molar-refractivity contribution >= 4 is 66.1 Å². The van der Waals surface area contributed by atoms with Crippen LogP contribution in [0.25, 0.3) is 65.9 Å². The molecule has 312 valence electrons. The Kier molecular flexibility index (Phi) is 13.0. The van der Waals surface area contributed by atoms with Gasteiger partial charge in [-0.25, -0.2) is 9.97 Å². The fourth-order valence-electron chi connectivity index (χ4n) is 9.43. The molecule has 0 atom stereocenters. The van der Waals surface area contributed by atoms with Gasteiger partial charge in [0.2, 0.25) is 0 Å². The molecule has 7 aromatic carbocycles. The number of anilines is 4. The molecule has 0 aliphatic rings. The summed E-state index contributed by atoms with van der Waals surface area (Å²) < 4.78 is 0. The predicted molar refractivity (Wildman–Crippen MR) is 268 cm³/mol. The van der Waals surface area contributed by atoms with Crippen molar-refractivity contribution < 1.29 is 0 Å². The van der Waals surface area contributed by atoms with Crippen LogP contribution in [0.4, 0.5) is 22.7 Å². The molecule has 4 nitrogen and oxygen atoms in total. The highest BCUT2D eigenvalue weighted by Gasteiger charge is 2.19. The molecular weight excluding hydrogens is 753 g/mol. The van der Waals surface area contributed by atoms with E-state index in [-0.39, 0.29) is 0 Å². The van der Waals surface area contributed by atoms with Crippen LogP contribution in [0.5, 0.6) is 0 Å². The average Bonchev–Trinajstić information content (AvgIpc) is 3.33. The van der Waals surface area contributed by atoms with Crippen LogP contribution in [0, 0.1) is 0 Å². The highest BCUT2D eigenvalue weighted by molar-refractivity contribution is 6.32. The zero-order valence-corrected chi connectivity index (χ0v) is 36.7. The van der Waals surface area contributed by atoms with Gasteiger partial charge in [0.15, 0.2) is 0 Å². The summed E-state index contributed by atoms with van der Waals surface area (Å²) in [5.74, 6) is 0. The fraction of sp³-hybridized carbons (Fsp3) is 0.276. The monoisotopic (exact) mass is 812 g/mol. The summed E-state index contributed by atoms with van der Waals surface area (Å²) in [6.07, 6.45) is 15.4. The lowest BCUT2D eigenvalue weighted by Gasteiger charge is -2.25. The number of hydrogen-bond donors (Lipinski definition) is 0. The van der Waals surface area contributed by atoms with Crippen LogP contribution in [0.15, 0.2) is 158 Å². The van der Waals surface area contributed by atoms with E-state index in [1.54, 1.807) is 0 Å². The third-order valence-corrected chi connectivity index (χ3v) is 12.8. The number of hydrogen-bond acceptors (Lipinski definition) is 4. The van der Waals surface area contributed by atoms with E-state index in [0.717, 1.165) is 57.4 Å². The number of unbranched alkanes of at least 4 members (excludes halogenated alkanes) is 10. The molecule has 0 spiro atoms. The van der Waals surface area contributed by atoms with Crippen molar-refractivity contribution in [1.82, 2.24) is 9.97 Å². The highest BCUT2D eigenvalue weighted by atomic mass is 15.1. The number of benzene rings is 7. The minimum atomic E-state index is 0.990. The Morgan fingerprint density at radius 1 is 0.355 bits per heavy atom. The van der Waals surface area contributed by atoms with Crippen molar-refractivity contribution in [1.29, 1.82) is 0 Å². The zero-order chi connectivity index (χ0) is 42.1. The molecule has 2 heterocycles. The first-order valence-corrected chi connectivity index (χ1v) is 23.4. The molecule has 2 aromatic heterocycles. The number of nitrogens with zero attached hydrogens (tertiary/aromatic N) is 4. The second-order valence-corrected chi connectivity index (χ2v) is 17.1. The molecule has 0 amide bonds. The largest absolute Gasteiger partial charge is 0.341 e. The highest BCUT2D eigenvalue weighted by Crippen LogP contribution is 2.42. The van der Waals surface area contributed by atoms with Gasteiger partial charge < -0.3 is 9.80 Å². The first kappa shape index (κ1) is 41.1. The van der Waals surface area contributed by atoms with Crippen LogP contribution in [0.3, 0.4) is 0 Å². The van der Waals surface area contributed by atoms with Crippen LogP contribution in [0.1, 0.15) is 90.9 Å². The molecule has 9 aromatic rings. The number of para-hydroxylation sites is 2. The lowest BCUT2D eigenvalue weighted by atomic mass is 9.92. The summed E-state index contributed by atoms with van der Waals surface area (Å²) in [6.45, 7) is 6.58. The topological polar surface area (TPSA) is 32.3 Å². The SMILES string of the molecule is CCCCCCCCN(c1ccccc1)c1ccc(-c2cc3ccc4cc(-c5ccc(N(CCCCCCCC)c6ccccc6)cc5)nc5c6ccccc6c(n2)c3c45)cc1. The molecule has 0 fully saturated rings. The van der Waals surface area contributed by atoms with Gasteiger partial charge in [0.25, 0.3) is 0 Å². The van der Waals surface area contributed by atoms with Crippen LogP contribution in [0.2, 0.25) is 0 Å². The first-order chi connectivity index (χ1) is 30.7. The molecule has 0 N–H and O–H groups in total. The molecule has 9 rings (SSSR count). The van der Waals surface area contributed by atoms with Gasteiger partial charge in [-0.15, -0.1) is 0 Å². The molecular formula is C58H60N4. The zero-order valence-electron chi connectivity index (χ0n) is 36.7. The minimum Gasteiger partial charge on any atom is -0.341 e. The molecule has 62 heavy (non-hydrogen) atoms. The third-order valence-electron chi connectivity index (χ3n) is 12.8. The van der Waals surface area contributed by atoms with Crippen LogP contribution < -0.4 is 9.80 Å². The number of aromatic nitrogens is 2. The lowest BCUT2D eigenvalue weighted by Crippen LogP contribution is -2.18. The summed E-state index contributed by atoms with van der Waals surface area (Å²) in [4.78, 5) is 15.9. The number of fused-ring (bicyclic) bond motifs is 3. The van der Waals surface area contributed by atoms with E-state index < -0.39 is 0 Å². The number of rotatable bonds is 20. The quantitative estimate of drug-likeness (QED) is 0.0436. The Labute approximate surface area is 368 Å². The van der Waals surface area contributed by atoms with E-state index in [1.807, 2.05) is 0 Å². The molecule has 0 radical (unpaired) electrons. The standard InChI is InChI=1S/C58H60N4/c1-3-5-7-9-11-21-39-61(47-23-15-13-16-24-47)49-35-31-43(32-36-49)53-41-45-29-30-46-42-54(60-58-52-28-20-19-27-51(52)57(59-53)55(45)56(46)58)44-33-37-50(38-34-44)62(48-25-17-14-18-26-48)40-22-12-10-8-6-4-2/h13-20,23-38,41-42H,3-12,21-22,39-40H2,1-2H3. The Hall–Kier alpha value is -6.26. The van der Waals surface area contributed by atoms with E-state index in [9.17, 15) is 0 Å². The van der Waals surface area contributed by atoms with E-state index in [0.29, 0.717) is 0 Å². The van der Waals surface area contributed by atoms with Gasteiger partial charge in [0, 0.05) is 68.5 Å². The van der Waals surface area contributed by atoms with Gasteiger partial charge >= 0.3 is 0 Å². The summed E-state index contributed by atoms with van der Waals surface area (Å²) in [7, 11) is 0. The Balaban J connectivity index is 1.03. The van der Waals surface area contributed by atoms with Crippen molar-refractivity contribution in [2.24, 2.45) is 0 Å². The van der Waals surface area contributed by atoms with Gasteiger partial charge in [0.1, 0.15) is 0 Å². The van der Waals surface area contributed by atoms with Crippen LogP contribution in [-0.2, 0) is 0 Å². The first-order valence-electron chi connectivity index (χ1n) is 23.4. The van der Waals surface area contributed by atoms with Gasteiger partial charge in [0.05, 0.1) is 22.4 Å². The van der Waals surface area contributed by atoms with Gasteiger partial charge in [-0.1, -0.05) is 175 Å². The fourth-order valence-corrected chi connectivity index (χ4v) is 9.43. The summed E-state index contributed by atoms with van der Waals surface area (Å²) in [6, 6.07) is 57.6. The summed E-state index contributed by atoms with van der Waals surface area (Å²) >= 11 is 0. The second-order valence-electron chi connectivity index (χ2n) is 17.1. The normalized spacial score (nSPS) is 11.6. The van der Waals surface area contributed by atoms with Crippen molar-refractivity contribution in [3.63, 3.8) is 0 Å². The molecule has 0 bridgehead atoms. The maximum absolute atomic E-state index is 5.47.